The van der Waals surface area contributed by atoms with Crippen LogP contribution in [0.1, 0.15) is 22.3 Å². The maximum absolute atomic E-state index is 6.80. The van der Waals surface area contributed by atoms with Gasteiger partial charge in [-0.25, -0.2) is 15.0 Å². The van der Waals surface area contributed by atoms with Gasteiger partial charge in [-0.05, 0) is 94.0 Å². The van der Waals surface area contributed by atoms with Gasteiger partial charge in [0.05, 0.1) is 16.4 Å². The average molecular weight is 911 g/mol. The Kier molecular flexibility index (Phi) is 8.38. The van der Waals surface area contributed by atoms with E-state index in [2.05, 4.69) is 199 Å². The molecule has 1 aliphatic heterocycles. The van der Waals surface area contributed by atoms with Crippen LogP contribution >= 0.6 is 11.3 Å². The van der Waals surface area contributed by atoms with Crippen LogP contribution in [0.15, 0.2) is 231 Å². The van der Waals surface area contributed by atoms with Gasteiger partial charge in [0.15, 0.2) is 17.5 Å². The molecule has 1 aliphatic carbocycles. The monoisotopic (exact) mass is 910 g/mol. The van der Waals surface area contributed by atoms with E-state index in [9.17, 15) is 0 Å². The molecule has 0 N–H and O–H groups in total. The highest BCUT2D eigenvalue weighted by atomic mass is 32.1. The molecule has 1 spiro atoms. The van der Waals surface area contributed by atoms with E-state index in [-0.39, 0.29) is 0 Å². The third kappa shape index (κ3) is 5.56. The Bertz CT molecular complexity index is 4170. The van der Waals surface area contributed by atoms with Gasteiger partial charge >= 0.3 is 0 Å². The largest absolute Gasteiger partial charge is 0.457 e. The van der Waals surface area contributed by atoms with Crippen LogP contribution in [0.25, 0.3) is 104 Å². The zero-order chi connectivity index (χ0) is 45.9. The average Bonchev–Trinajstić information content (AvgIpc) is 4.08. The number of fused-ring (bicyclic) bond motifs is 16. The van der Waals surface area contributed by atoms with E-state index >= 15 is 0 Å². The van der Waals surface area contributed by atoms with Crippen molar-refractivity contribution in [3.8, 4) is 73.6 Å². The highest BCUT2D eigenvalue weighted by Gasteiger charge is 2.51. The first-order chi connectivity index (χ1) is 34.7. The molecule has 0 bridgehead atoms. The summed E-state index contributed by atoms with van der Waals surface area (Å²) >= 11 is 1.87. The Morgan fingerprint density at radius 3 is 1.67 bits per heavy atom. The minimum atomic E-state index is -0.698. The molecule has 6 heteroatoms. The summed E-state index contributed by atoms with van der Waals surface area (Å²) < 4.78 is 11.8. The first-order valence-corrected chi connectivity index (χ1v) is 24.5. The van der Waals surface area contributed by atoms with Crippen molar-refractivity contribution in [2.75, 3.05) is 0 Å². The maximum Gasteiger partial charge on any atom is 0.164 e. The van der Waals surface area contributed by atoms with Gasteiger partial charge in [0.25, 0.3) is 0 Å². The number of benzene rings is 10. The quantitative estimate of drug-likeness (QED) is 0.173. The molecule has 70 heavy (non-hydrogen) atoms. The number of thiophene rings is 1. The van der Waals surface area contributed by atoms with Gasteiger partial charge in [0, 0.05) is 64.4 Å². The summed E-state index contributed by atoms with van der Waals surface area (Å²) in [6.45, 7) is 0. The molecule has 0 saturated heterocycles. The van der Waals surface area contributed by atoms with Crippen LogP contribution < -0.4 is 4.74 Å². The van der Waals surface area contributed by atoms with Crippen LogP contribution in [-0.2, 0) is 5.41 Å². The highest BCUT2D eigenvalue weighted by molar-refractivity contribution is 7.26. The van der Waals surface area contributed by atoms with Gasteiger partial charge in [-0.3, -0.25) is 0 Å². The molecular weight excluding hydrogens is 873 g/mol. The fourth-order valence-electron chi connectivity index (χ4n) is 11.6. The number of hydrogen-bond donors (Lipinski definition) is 0. The number of ether oxygens (including phenoxy) is 1. The van der Waals surface area contributed by atoms with Gasteiger partial charge in [-0.15, -0.1) is 11.3 Å². The van der Waals surface area contributed by atoms with E-state index in [0.717, 1.165) is 61.7 Å². The van der Waals surface area contributed by atoms with E-state index in [0.29, 0.717) is 17.5 Å². The molecule has 0 unspecified atom stereocenters. The molecule has 0 amide bonds. The molecule has 0 fully saturated rings. The van der Waals surface area contributed by atoms with Crippen molar-refractivity contribution in [2.24, 2.45) is 0 Å². The Balaban J connectivity index is 1.02. The Hall–Kier alpha value is -8.97. The van der Waals surface area contributed by atoms with E-state index in [4.69, 9.17) is 19.7 Å². The Labute approximate surface area is 407 Å². The Morgan fingerprint density at radius 1 is 0.357 bits per heavy atom. The van der Waals surface area contributed by atoms with Crippen molar-refractivity contribution in [2.45, 2.75) is 5.41 Å². The van der Waals surface area contributed by atoms with Gasteiger partial charge in [-0.2, -0.15) is 0 Å². The molecule has 10 aromatic carbocycles. The third-order valence-electron chi connectivity index (χ3n) is 14.5. The van der Waals surface area contributed by atoms with Crippen molar-refractivity contribution in [1.82, 2.24) is 19.5 Å². The fraction of sp³-hybridized carbons (Fsp3) is 0.0156. The summed E-state index contributed by atoms with van der Waals surface area (Å²) in [7, 11) is 0. The second-order valence-corrected chi connectivity index (χ2v) is 19.3. The van der Waals surface area contributed by atoms with Crippen molar-refractivity contribution < 1.29 is 4.74 Å². The number of para-hydroxylation sites is 3. The van der Waals surface area contributed by atoms with E-state index < -0.39 is 5.41 Å². The van der Waals surface area contributed by atoms with Gasteiger partial charge in [0.1, 0.15) is 11.5 Å². The van der Waals surface area contributed by atoms with Crippen molar-refractivity contribution in [3.63, 3.8) is 0 Å². The van der Waals surface area contributed by atoms with Gasteiger partial charge in [0.2, 0.25) is 0 Å². The molecule has 326 valence electrons. The van der Waals surface area contributed by atoms with Crippen LogP contribution in [0.3, 0.4) is 0 Å². The number of hydrogen-bond acceptors (Lipinski definition) is 5. The standard InChI is InChI=1S/C64H38N4OS/c1-4-17-39(18-5-1)61-65-62(40-19-6-2-7-20-40)67-63(66-61)42-32-34-48-47(37-42)45-33-31-41(38-51(45)64(48)49-25-11-13-28-54(49)69-55-29-14-12-26-50(55)64)44-24-16-27-52-58(44)60-53(68(52)43-21-8-3-9-22-43)35-36-57-59(60)46-23-10-15-30-56(46)70-57/h1-38H. The van der Waals surface area contributed by atoms with Gasteiger partial charge in [-0.1, -0.05) is 170 Å². The van der Waals surface area contributed by atoms with E-state index in [1.54, 1.807) is 0 Å². The zero-order valence-corrected chi connectivity index (χ0v) is 38.4. The molecule has 0 saturated carbocycles. The lowest BCUT2D eigenvalue weighted by atomic mass is 9.66. The summed E-state index contributed by atoms with van der Waals surface area (Å²) in [6, 6.07) is 82.6. The summed E-state index contributed by atoms with van der Waals surface area (Å²) in [4.78, 5) is 15.4. The zero-order valence-electron chi connectivity index (χ0n) is 37.5. The van der Waals surface area contributed by atoms with E-state index in [1.165, 1.54) is 58.7 Å². The normalized spacial score (nSPS) is 13.1. The third-order valence-corrected chi connectivity index (χ3v) is 15.7. The molecule has 13 aromatic rings. The molecule has 15 rings (SSSR count). The molecular formula is C64H38N4OS. The SMILES string of the molecule is c1ccc(-c2nc(-c3ccccc3)nc(-c3ccc4c(c3)-c3ccc(-c5cccc6c5c5c7c(ccc5n6-c5ccccc5)sc5ccccc57)cc3C43c4ccccc4Oc4ccccc43)n2)cc1. The summed E-state index contributed by atoms with van der Waals surface area (Å²) in [5.74, 6) is 3.60. The summed E-state index contributed by atoms with van der Waals surface area (Å²) in [5.41, 5.74) is 14.9. The van der Waals surface area contributed by atoms with Crippen LogP contribution in [0.5, 0.6) is 11.5 Å². The fourth-order valence-corrected chi connectivity index (χ4v) is 12.7. The van der Waals surface area contributed by atoms with Crippen LogP contribution in [0.2, 0.25) is 0 Å². The number of nitrogens with zero attached hydrogens (tertiary/aromatic N) is 4. The number of rotatable bonds is 5. The minimum absolute atomic E-state index is 0.621. The smallest absolute Gasteiger partial charge is 0.164 e. The van der Waals surface area contributed by atoms with Crippen molar-refractivity contribution >= 4 is 53.3 Å². The molecule has 0 atom stereocenters. The molecule has 0 radical (unpaired) electrons. The van der Waals surface area contributed by atoms with E-state index in [1.807, 2.05) is 47.7 Å². The first-order valence-electron chi connectivity index (χ1n) is 23.7. The predicted molar refractivity (Wildman–Crippen MR) is 286 cm³/mol. The Morgan fingerprint density at radius 2 is 0.957 bits per heavy atom. The van der Waals surface area contributed by atoms with Crippen molar-refractivity contribution in [3.05, 3.63) is 253 Å². The molecule has 2 aliphatic rings. The van der Waals surface area contributed by atoms with Crippen LogP contribution in [0, 0.1) is 0 Å². The second kappa shape index (κ2) is 15.0. The first kappa shape index (κ1) is 39.1. The molecule has 4 heterocycles. The molecule has 5 nitrogen and oxygen atoms in total. The minimum Gasteiger partial charge on any atom is -0.457 e. The molecule has 3 aromatic heterocycles. The van der Waals surface area contributed by atoms with Crippen molar-refractivity contribution in [1.29, 1.82) is 0 Å². The van der Waals surface area contributed by atoms with Crippen LogP contribution in [-0.4, -0.2) is 19.5 Å². The maximum atomic E-state index is 6.80. The lowest BCUT2D eigenvalue weighted by molar-refractivity contribution is 0.436. The topological polar surface area (TPSA) is 52.8 Å². The van der Waals surface area contributed by atoms with Crippen LogP contribution in [0.4, 0.5) is 0 Å². The highest BCUT2D eigenvalue weighted by Crippen LogP contribution is 2.63. The lowest BCUT2D eigenvalue weighted by Crippen LogP contribution is -2.32. The second-order valence-electron chi connectivity index (χ2n) is 18.2. The lowest BCUT2D eigenvalue weighted by Gasteiger charge is -2.39. The summed E-state index contributed by atoms with van der Waals surface area (Å²) in [5, 5.41) is 5.11. The number of aromatic nitrogens is 4. The van der Waals surface area contributed by atoms with Gasteiger partial charge < -0.3 is 9.30 Å². The predicted octanol–water partition coefficient (Wildman–Crippen LogP) is 16.5. The summed E-state index contributed by atoms with van der Waals surface area (Å²) in [6.07, 6.45) is 0.